The first-order chi connectivity index (χ1) is 33.6. The molecule has 8 aromatic rings. The number of hydrogen-bond donors (Lipinski definition) is 7. The normalized spacial score (nSPS) is 11.9. The van der Waals surface area contributed by atoms with E-state index in [0.717, 1.165) is 59.0 Å². The lowest BCUT2D eigenvalue weighted by Gasteiger charge is -2.11. The summed E-state index contributed by atoms with van der Waals surface area (Å²) in [6.45, 7) is 2.00. The molecule has 4 aromatic carbocycles. The molecule has 0 unspecified atom stereocenters. The molecule has 22 heteroatoms. The zero-order valence-corrected chi connectivity index (χ0v) is 38.8. The smallest absolute Gasteiger partial charge is 0.238 e. The average molecular weight is 1010 g/mol. The number of aromatic nitrogens is 6. The number of rotatable bonds is 14. The van der Waals surface area contributed by atoms with Gasteiger partial charge in [0.25, 0.3) is 0 Å². The first-order valence-electron chi connectivity index (χ1n) is 21.4. The van der Waals surface area contributed by atoms with Crippen molar-refractivity contribution in [3.8, 4) is 0 Å². The van der Waals surface area contributed by atoms with Crippen molar-refractivity contribution in [2.75, 3.05) is 34.5 Å². The van der Waals surface area contributed by atoms with E-state index in [2.05, 4.69) is 46.2 Å². The van der Waals surface area contributed by atoms with Gasteiger partial charge in [0.15, 0.2) is 23.3 Å². The van der Waals surface area contributed by atoms with Gasteiger partial charge in [-0.3, -0.25) is 10.2 Å². The second kappa shape index (κ2) is 24.5. The zero-order chi connectivity index (χ0) is 49.5. The molecule has 71 heavy (non-hydrogen) atoms. The average Bonchev–Trinajstić information content (AvgIpc) is 3.95. The Balaban J connectivity index is 0.000000209. The Morgan fingerprint density at radius 2 is 0.972 bits per heavy atom. The third kappa shape index (κ3) is 16.3. The first kappa shape index (κ1) is 52.4. The summed E-state index contributed by atoms with van der Waals surface area (Å²) >= 11 is 0. The van der Waals surface area contributed by atoms with Gasteiger partial charge in [-0.1, -0.05) is 43.8 Å². The van der Waals surface area contributed by atoms with Crippen LogP contribution in [0.1, 0.15) is 42.5 Å². The van der Waals surface area contributed by atoms with E-state index in [4.69, 9.17) is 15.0 Å². The Morgan fingerprint density at radius 1 is 0.563 bits per heavy atom. The molecule has 1 aliphatic heterocycles. The quantitative estimate of drug-likeness (QED) is 0.0401. The van der Waals surface area contributed by atoms with Gasteiger partial charge < -0.3 is 26.0 Å². The van der Waals surface area contributed by atoms with Gasteiger partial charge >= 0.3 is 0 Å². The van der Waals surface area contributed by atoms with Crippen LogP contribution in [0.3, 0.4) is 0 Å². The number of primary sulfonamides is 2. The highest BCUT2D eigenvalue weighted by atomic mass is 32.2. The van der Waals surface area contributed by atoms with Crippen LogP contribution in [0.15, 0.2) is 168 Å². The van der Waals surface area contributed by atoms with Gasteiger partial charge in [0.05, 0.1) is 22.2 Å². The van der Waals surface area contributed by atoms with E-state index in [-0.39, 0.29) is 40.8 Å². The van der Waals surface area contributed by atoms with Gasteiger partial charge in [-0.25, -0.2) is 45.9 Å². The molecule has 0 atom stereocenters. The van der Waals surface area contributed by atoms with Gasteiger partial charge in [-0.15, -0.1) is 0 Å². The van der Waals surface area contributed by atoms with Crippen molar-refractivity contribution >= 4 is 66.3 Å². The fraction of sp³-hybridized carbons (Fsp3) is 0.143. The summed E-state index contributed by atoms with van der Waals surface area (Å²) in [6, 6.07) is 34.2. The lowest BCUT2D eigenvalue weighted by atomic mass is 10.1. The molecule has 1 aliphatic rings. The Kier molecular flexibility index (Phi) is 18.1. The minimum Gasteiger partial charge on any atom is -0.381 e. The van der Waals surface area contributed by atoms with Crippen LogP contribution in [0.4, 0.5) is 55.1 Å². The number of nitrogens with two attached hydrogens (primary N) is 2. The summed E-state index contributed by atoms with van der Waals surface area (Å²) in [5.74, 6) is -1.17. The summed E-state index contributed by atoms with van der Waals surface area (Å²) in [4.78, 5) is 20.0. The SMILES string of the molecule is C.C1CCOC1.NS(=O)(=O)c1cccc(Nc2ncc(F)c(Nc3ccc(Cc4cc[n+](O)cc4)cc3)n2)c1.NS(=O)(=O)c1cccc(Nc2ncc(F)c(Nc3ccc(Cc4ccncc4)cc3)n2)c1. The minimum atomic E-state index is -3.86. The van der Waals surface area contributed by atoms with Crippen molar-refractivity contribution < 1.29 is 40.3 Å². The van der Waals surface area contributed by atoms with Crippen molar-refractivity contribution in [3.63, 3.8) is 0 Å². The van der Waals surface area contributed by atoms with Gasteiger partial charge in [-0.05, 0) is 121 Å². The topological polar surface area (TPSA) is 266 Å². The molecule has 0 amide bonds. The number of benzene rings is 4. The van der Waals surface area contributed by atoms with Crippen molar-refractivity contribution in [2.24, 2.45) is 10.3 Å². The molecule has 1 saturated heterocycles. The number of ether oxygens (including phenoxy) is 1. The molecule has 5 heterocycles. The number of sulfonamides is 2. The van der Waals surface area contributed by atoms with E-state index in [9.17, 15) is 30.8 Å². The summed E-state index contributed by atoms with van der Waals surface area (Å²) in [5.41, 5.74) is 6.38. The molecule has 0 radical (unpaired) electrons. The molecular formula is C49H51F2N12O6S2+. The van der Waals surface area contributed by atoms with Crippen LogP contribution in [-0.4, -0.2) is 60.2 Å². The maximum absolute atomic E-state index is 14.3. The van der Waals surface area contributed by atoms with E-state index in [0.29, 0.717) is 29.2 Å². The predicted octanol–water partition coefficient (Wildman–Crippen LogP) is 8.03. The molecule has 0 saturated carbocycles. The molecule has 18 nitrogen and oxygen atoms in total. The van der Waals surface area contributed by atoms with Crippen LogP contribution < -0.4 is 36.3 Å². The van der Waals surface area contributed by atoms with E-state index in [1.54, 1.807) is 49.1 Å². The fourth-order valence-electron chi connectivity index (χ4n) is 6.52. The van der Waals surface area contributed by atoms with E-state index in [1.807, 2.05) is 60.7 Å². The lowest BCUT2D eigenvalue weighted by molar-refractivity contribution is -0.904. The number of halogens is 2. The fourth-order valence-corrected chi connectivity index (χ4v) is 7.64. The maximum atomic E-state index is 14.3. The zero-order valence-electron chi connectivity index (χ0n) is 37.2. The lowest BCUT2D eigenvalue weighted by Crippen LogP contribution is -2.27. The van der Waals surface area contributed by atoms with Gasteiger partial charge in [0, 0.05) is 65.2 Å². The second-order valence-electron chi connectivity index (χ2n) is 15.4. The van der Waals surface area contributed by atoms with E-state index < -0.39 is 31.7 Å². The van der Waals surface area contributed by atoms with Crippen LogP contribution in [0, 0.1) is 11.6 Å². The predicted molar refractivity (Wildman–Crippen MR) is 266 cm³/mol. The molecule has 0 bridgehead atoms. The van der Waals surface area contributed by atoms with Crippen LogP contribution in [0.25, 0.3) is 0 Å². The van der Waals surface area contributed by atoms with Gasteiger partial charge in [-0.2, -0.15) is 9.97 Å². The minimum absolute atomic E-state index is 0. The number of nitrogens with one attached hydrogen (secondary N) is 4. The molecule has 1 fully saturated rings. The van der Waals surface area contributed by atoms with E-state index in [1.165, 1.54) is 49.2 Å². The Bertz CT molecular complexity index is 3230. The molecule has 368 valence electrons. The number of pyridine rings is 2. The highest BCUT2D eigenvalue weighted by Gasteiger charge is 2.13. The van der Waals surface area contributed by atoms with Crippen LogP contribution >= 0.6 is 0 Å². The Labute approximate surface area is 410 Å². The maximum Gasteiger partial charge on any atom is 0.238 e. The summed E-state index contributed by atoms with van der Waals surface area (Å²) in [5, 5.41) is 31.1. The molecule has 9 rings (SSSR count). The van der Waals surface area contributed by atoms with Crippen molar-refractivity contribution in [1.29, 1.82) is 0 Å². The summed E-state index contributed by atoms with van der Waals surface area (Å²) in [7, 11) is -7.72. The third-order valence-electron chi connectivity index (χ3n) is 10.0. The van der Waals surface area contributed by atoms with Crippen molar-refractivity contribution in [3.05, 3.63) is 192 Å². The Hall–Kier alpha value is -8.02. The highest BCUT2D eigenvalue weighted by molar-refractivity contribution is 7.89. The van der Waals surface area contributed by atoms with Crippen molar-refractivity contribution in [2.45, 2.75) is 42.9 Å². The van der Waals surface area contributed by atoms with Crippen LogP contribution in [0.2, 0.25) is 0 Å². The van der Waals surface area contributed by atoms with Gasteiger partial charge in [0.2, 0.25) is 44.3 Å². The summed E-state index contributed by atoms with van der Waals surface area (Å²) in [6.07, 6.45) is 12.6. The van der Waals surface area contributed by atoms with Crippen LogP contribution in [0.5, 0.6) is 0 Å². The molecular weight excluding hydrogens is 955 g/mol. The molecule has 9 N–H and O–H groups in total. The second-order valence-corrected chi connectivity index (χ2v) is 18.6. The first-order valence-corrected chi connectivity index (χ1v) is 24.5. The Morgan fingerprint density at radius 3 is 1.37 bits per heavy atom. The van der Waals surface area contributed by atoms with Crippen molar-refractivity contribution in [1.82, 2.24) is 24.9 Å². The largest absolute Gasteiger partial charge is 0.381 e. The monoisotopic (exact) mass is 1010 g/mol. The highest BCUT2D eigenvalue weighted by Crippen LogP contribution is 2.25. The van der Waals surface area contributed by atoms with Gasteiger partial charge in [0.1, 0.15) is 0 Å². The number of anilines is 8. The number of nitrogens with zero attached hydrogens (tertiary/aromatic N) is 6. The standard InChI is InChI=1S/C22H20FN6O3S.C22H19FN6O2S.C4H8O.CH4/c23-20-14-25-22(27-18-2-1-3-19(13-18)33(24,31)32)28-21(20)26-17-6-4-15(5-7-17)12-16-8-10-29(30)11-9-16;23-20-14-26-22(28-18-2-1-3-19(13-18)32(24,30)31)29-21(20)27-17-6-4-15(5-7-17)12-16-8-10-25-11-9-16;1-2-4-5-3-1;/h1-11,13-14,30H,12H2,(H2,24,31,32)(H2,25,26,27,28);1-11,13-14H,12H2,(H2,24,30,31)(H2,26,27,28,29);1-4H2;1H4/q+1;;;. The molecule has 4 aromatic heterocycles. The summed E-state index contributed by atoms with van der Waals surface area (Å²) < 4.78 is 80.6. The third-order valence-corrected chi connectivity index (χ3v) is 11.9. The molecule has 0 aliphatic carbocycles. The molecule has 0 spiro atoms. The number of hydrogen-bond acceptors (Lipinski definition) is 15. The van der Waals surface area contributed by atoms with E-state index >= 15 is 0 Å². The van der Waals surface area contributed by atoms with Crippen LogP contribution in [-0.2, 0) is 37.6 Å².